The molecule has 0 amide bonds. The summed E-state index contributed by atoms with van der Waals surface area (Å²) in [5, 5.41) is 7.82. The molecule has 0 fully saturated rings. The van der Waals surface area contributed by atoms with Gasteiger partial charge in [-0.25, -0.2) is 9.67 Å². The maximum Gasteiger partial charge on any atom is 0.138 e. The summed E-state index contributed by atoms with van der Waals surface area (Å²) in [4.78, 5) is 4.00. The smallest absolute Gasteiger partial charge is 0.138 e. The molecule has 0 saturated heterocycles. The molecule has 3 aromatic rings. The molecule has 124 valence electrons. The van der Waals surface area contributed by atoms with Gasteiger partial charge in [-0.3, -0.25) is 0 Å². The van der Waals surface area contributed by atoms with Crippen molar-refractivity contribution in [2.45, 2.75) is 25.9 Å². The van der Waals surface area contributed by atoms with Gasteiger partial charge in [0.25, 0.3) is 0 Å². The number of ether oxygens (including phenoxy) is 1. The topological polar surface area (TPSA) is 52.0 Å². The van der Waals surface area contributed by atoms with Gasteiger partial charge in [0.15, 0.2) is 0 Å². The molecule has 3 rings (SSSR count). The Kier molecular flexibility index (Phi) is 4.91. The average molecular weight is 322 g/mol. The molecule has 0 bridgehead atoms. The number of nitrogens with zero attached hydrogens (tertiary/aromatic N) is 3. The van der Waals surface area contributed by atoms with E-state index in [1.54, 1.807) is 24.4 Å². The lowest BCUT2D eigenvalue weighted by molar-refractivity contribution is 0.414. The number of hydrogen-bond donors (Lipinski definition) is 1. The zero-order valence-electron chi connectivity index (χ0n) is 14.2. The van der Waals surface area contributed by atoms with E-state index in [2.05, 4.69) is 53.5 Å². The summed E-state index contributed by atoms with van der Waals surface area (Å²) >= 11 is 0. The third kappa shape index (κ3) is 3.63. The van der Waals surface area contributed by atoms with Gasteiger partial charge in [-0.15, -0.1) is 0 Å². The number of benzene rings is 2. The number of methoxy groups -OCH3 is 1. The van der Waals surface area contributed by atoms with Crippen LogP contribution in [-0.2, 0) is 0 Å². The molecule has 1 N–H and O–H groups in total. The first-order chi connectivity index (χ1) is 11.7. The van der Waals surface area contributed by atoms with Crippen LogP contribution in [0.15, 0.2) is 61.2 Å². The van der Waals surface area contributed by atoms with E-state index >= 15 is 0 Å². The number of aromatic nitrogens is 3. The Balaban J connectivity index is 1.72. The lowest BCUT2D eigenvalue weighted by Gasteiger charge is -2.21. The van der Waals surface area contributed by atoms with Crippen LogP contribution in [0.2, 0.25) is 0 Å². The van der Waals surface area contributed by atoms with Crippen LogP contribution in [0.25, 0.3) is 5.69 Å². The molecule has 1 heterocycles. The van der Waals surface area contributed by atoms with E-state index in [9.17, 15) is 0 Å². The highest BCUT2D eigenvalue weighted by atomic mass is 16.5. The van der Waals surface area contributed by atoms with Crippen molar-refractivity contribution in [3.8, 4) is 11.4 Å². The van der Waals surface area contributed by atoms with Crippen molar-refractivity contribution in [2.24, 2.45) is 0 Å². The summed E-state index contributed by atoms with van der Waals surface area (Å²) in [6.07, 6.45) is 3.25. The van der Waals surface area contributed by atoms with Crippen LogP contribution in [0.1, 0.15) is 37.1 Å². The maximum absolute atomic E-state index is 5.21. The SMILES string of the molecule is COc1ccc(C(C)NC(C)c2cccc(-n3cncn3)c2)cc1. The van der Waals surface area contributed by atoms with Crippen LogP contribution in [-0.4, -0.2) is 21.9 Å². The van der Waals surface area contributed by atoms with Crippen molar-refractivity contribution >= 4 is 0 Å². The van der Waals surface area contributed by atoms with Gasteiger partial charge in [0.2, 0.25) is 0 Å². The lowest BCUT2D eigenvalue weighted by Crippen LogP contribution is -2.22. The van der Waals surface area contributed by atoms with Crippen LogP contribution in [0.4, 0.5) is 0 Å². The van der Waals surface area contributed by atoms with Crippen molar-refractivity contribution in [1.82, 2.24) is 20.1 Å². The zero-order valence-corrected chi connectivity index (χ0v) is 14.2. The second kappa shape index (κ2) is 7.27. The van der Waals surface area contributed by atoms with Crippen molar-refractivity contribution in [2.75, 3.05) is 7.11 Å². The van der Waals surface area contributed by atoms with Crippen molar-refractivity contribution in [3.63, 3.8) is 0 Å². The molecule has 24 heavy (non-hydrogen) atoms. The summed E-state index contributed by atoms with van der Waals surface area (Å²) in [7, 11) is 1.68. The van der Waals surface area contributed by atoms with Crippen molar-refractivity contribution in [1.29, 1.82) is 0 Å². The van der Waals surface area contributed by atoms with Gasteiger partial charge < -0.3 is 10.1 Å². The number of rotatable bonds is 6. The normalized spacial score (nSPS) is 13.5. The molecule has 0 aliphatic heterocycles. The second-order valence-corrected chi connectivity index (χ2v) is 5.82. The molecule has 0 spiro atoms. The van der Waals surface area contributed by atoms with Gasteiger partial charge >= 0.3 is 0 Å². The summed E-state index contributed by atoms with van der Waals surface area (Å²) in [5.41, 5.74) is 3.45. The third-order valence-electron chi connectivity index (χ3n) is 4.17. The first-order valence-corrected chi connectivity index (χ1v) is 8.02. The Bertz CT molecular complexity index is 768. The fourth-order valence-corrected chi connectivity index (χ4v) is 2.74. The Morgan fingerprint density at radius 3 is 2.42 bits per heavy atom. The highest BCUT2D eigenvalue weighted by molar-refractivity contribution is 5.36. The largest absolute Gasteiger partial charge is 0.497 e. The fourth-order valence-electron chi connectivity index (χ4n) is 2.74. The molecule has 0 radical (unpaired) electrons. The first kappa shape index (κ1) is 16.2. The van der Waals surface area contributed by atoms with E-state index in [1.807, 2.05) is 24.3 Å². The molecule has 2 aromatic carbocycles. The van der Waals surface area contributed by atoms with E-state index in [1.165, 1.54) is 11.1 Å². The predicted molar refractivity (Wildman–Crippen MR) is 94.3 cm³/mol. The third-order valence-corrected chi connectivity index (χ3v) is 4.17. The second-order valence-electron chi connectivity index (χ2n) is 5.82. The molecule has 0 aliphatic carbocycles. The Hall–Kier alpha value is -2.66. The van der Waals surface area contributed by atoms with Gasteiger partial charge in [-0.05, 0) is 49.2 Å². The minimum atomic E-state index is 0.213. The molecule has 5 heteroatoms. The van der Waals surface area contributed by atoms with Crippen LogP contribution in [0.5, 0.6) is 5.75 Å². The summed E-state index contributed by atoms with van der Waals surface area (Å²) in [6.45, 7) is 4.33. The standard InChI is InChI=1S/C19H22N4O/c1-14(16-7-9-19(24-3)10-8-16)22-15(2)17-5-4-6-18(11-17)23-13-20-12-21-23/h4-15,22H,1-3H3. The maximum atomic E-state index is 5.21. The minimum Gasteiger partial charge on any atom is -0.497 e. The quantitative estimate of drug-likeness (QED) is 0.752. The average Bonchev–Trinajstić information content (AvgIpc) is 3.16. The van der Waals surface area contributed by atoms with Gasteiger partial charge in [0.05, 0.1) is 12.8 Å². The highest BCUT2D eigenvalue weighted by Gasteiger charge is 2.12. The molecule has 0 aliphatic rings. The minimum absolute atomic E-state index is 0.213. The molecule has 1 aromatic heterocycles. The lowest BCUT2D eigenvalue weighted by atomic mass is 10.0. The molecular weight excluding hydrogens is 300 g/mol. The van der Waals surface area contributed by atoms with Crippen molar-refractivity contribution < 1.29 is 4.74 Å². The summed E-state index contributed by atoms with van der Waals surface area (Å²) < 4.78 is 6.98. The number of hydrogen-bond acceptors (Lipinski definition) is 4. The van der Waals surface area contributed by atoms with E-state index in [4.69, 9.17) is 4.74 Å². The summed E-state index contributed by atoms with van der Waals surface area (Å²) in [6, 6.07) is 16.9. The van der Waals surface area contributed by atoms with Crippen LogP contribution < -0.4 is 10.1 Å². The van der Waals surface area contributed by atoms with E-state index in [0.717, 1.165) is 11.4 Å². The van der Waals surface area contributed by atoms with E-state index < -0.39 is 0 Å². The monoisotopic (exact) mass is 322 g/mol. The number of nitrogens with one attached hydrogen (secondary N) is 1. The summed E-state index contributed by atoms with van der Waals surface area (Å²) in [5.74, 6) is 0.875. The van der Waals surface area contributed by atoms with Gasteiger partial charge in [0, 0.05) is 12.1 Å². The molecule has 2 atom stereocenters. The van der Waals surface area contributed by atoms with Crippen LogP contribution in [0.3, 0.4) is 0 Å². The van der Waals surface area contributed by atoms with Gasteiger partial charge in [-0.2, -0.15) is 5.10 Å². The van der Waals surface area contributed by atoms with E-state index in [-0.39, 0.29) is 12.1 Å². The fraction of sp³-hybridized carbons (Fsp3) is 0.263. The van der Waals surface area contributed by atoms with Crippen LogP contribution in [0, 0.1) is 0 Å². The van der Waals surface area contributed by atoms with Gasteiger partial charge in [-0.1, -0.05) is 24.3 Å². The van der Waals surface area contributed by atoms with Crippen molar-refractivity contribution in [3.05, 3.63) is 72.3 Å². The molecule has 2 unspecified atom stereocenters. The van der Waals surface area contributed by atoms with Gasteiger partial charge in [0.1, 0.15) is 18.4 Å². The van der Waals surface area contributed by atoms with E-state index in [0.29, 0.717) is 0 Å². The predicted octanol–water partition coefficient (Wildman–Crippen LogP) is 3.69. The Labute approximate surface area is 142 Å². The molecule has 5 nitrogen and oxygen atoms in total. The highest BCUT2D eigenvalue weighted by Crippen LogP contribution is 2.22. The molecule has 0 saturated carbocycles. The first-order valence-electron chi connectivity index (χ1n) is 8.02. The Morgan fingerprint density at radius 1 is 1.00 bits per heavy atom. The zero-order chi connectivity index (χ0) is 16.9. The Morgan fingerprint density at radius 2 is 1.75 bits per heavy atom. The molecular formula is C19H22N4O. The van der Waals surface area contributed by atoms with Crippen LogP contribution >= 0.6 is 0 Å².